The molecule has 2 aromatic rings. The average molecular weight is 277 g/mol. The van der Waals surface area contributed by atoms with Crippen molar-refractivity contribution in [2.75, 3.05) is 5.73 Å². The van der Waals surface area contributed by atoms with Crippen LogP contribution in [0, 0.1) is 0 Å². The summed E-state index contributed by atoms with van der Waals surface area (Å²) in [5.74, 6) is 0. The molecule has 0 atom stereocenters. The van der Waals surface area contributed by atoms with Crippen LogP contribution in [0.3, 0.4) is 0 Å². The fraction of sp³-hybridized carbons (Fsp3) is 0.182. The third-order valence-electron chi connectivity index (χ3n) is 2.39. The summed E-state index contributed by atoms with van der Waals surface area (Å²) in [7, 11) is 0. The summed E-state index contributed by atoms with van der Waals surface area (Å²) in [5.41, 5.74) is 3.69. The fourth-order valence-electron chi connectivity index (χ4n) is 1.51. The lowest BCUT2D eigenvalue weighted by Gasteiger charge is -2.06. The standard InChI is InChI=1S/C11H8F5N3/c12-10(13)8-5-9(11(14,15)16)18-19(8)7-3-1-6(17)2-4-7/h1-5,10H,17H2. The summed E-state index contributed by atoms with van der Waals surface area (Å²) in [6.07, 6.45) is -7.84. The first kappa shape index (κ1) is 13.3. The second-order valence-electron chi connectivity index (χ2n) is 3.76. The van der Waals surface area contributed by atoms with Crippen molar-refractivity contribution >= 4 is 5.69 Å². The smallest absolute Gasteiger partial charge is 0.399 e. The number of aromatic nitrogens is 2. The minimum absolute atomic E-state index is 0.0833. The molecule has 0 saturated heterocycles. The molecule has 0 unspecified atom stereocenters. The zero-order chi connectivity index (χ0) is 14.2. The molecule has 19 heavy (non-hydrogen) atoms. The van der Waals surface area contributed by atoms with Crippen molar-refractivity contribution in [3.05, 3.63) is 41.7 Å². The highest BCUT2D eigenvalue weighted by atomic mass is 19.4. The zero-order valence-corrected chi connectivity index (χ0v) is 9.33. The van der Waals surface area contributed by atoms with Gasteiger partial charge in [0.25, 0.3) is 6.43 Å². The highest BCUT2D eigenvalue weighted by molar-refractivity contribution is 5.45. The molecular weight excluding hydrogens is 269 g/mol. The highest BCUT2D eigenvalue weighted by Gasteiger charge is 2.36. The molecular formula is C11H8F5N3. The Morgan fingerprint density at radius 1 is 1.11 bits per heavy atom. The minimum atomic E-state index is -4.78. The first-order valence-corrected chi connectivity index (χ1v) is 5.10. The van der Waals surface area contributed by atoms with Gasteiger partial charge in [0.2, 0.25) is 0 Å². The molecule has 0 aliphatic heterocycles. The Hall–Kier alpha value is -2.12. The predicted molar refractivity (Wildman–Crippen MR) is 57.9 cm³/mol. The molecule has 3 nitrogen and oxygen atoms in total. The second kappa shape index (κ2) is 4.52. The van der Waals surface area contributed by atoms with Crippen LogP contribution in [-0.4, -0.2) is 9.78 Å². The van der Waals surface area contributed by atoms with Crippen molar-refractivity contribution < 1.29 is 22.0 Å². The third kappa shape index (κ3) is 2.67. The fourth-order valence-corrected chi connectivity index (χ4v) is 1.51. The lowest BCUT2D eigenvalue weighted by molar-refractivity contribution is -0.141. The van der Waals surface area contributed by atoms with Gasteiger partial charge < -0.3 is 5.73 Å². The van der Waals surface area contributed by atoms with Gasteiger partial charge in [-0.15, -0.1) is 0 Å². The third-order valence-corrected chi connectivity index (χ3v) is 2.39. The number of anilines is 1. The molecule has 2 rings (SSSR count). The predicted octanol–water partition coefficient (Wildman–Crippen LogP) is 3.41. The van der Waals surface area contributed by atoms with E-state index in [1.54, 1.807) is 0 Å². The number of rotatable bonds is 2. The minimum Gasteiger partial charge on any atom is -0.399 e. The number of nitrogen functional groups attached to an aromatic ring is 1. The molecule has 0 aliphatic carbocycles. The van der Waals surface area contributed by atoms with Gasteiger partial charge >= 0.3 is 6.18 Å². The van der Waals surface area contributed by atoms with Gasteiger partial charge in [-0.1, -0.05) is 0 Å². The van der Waals surface area contributed by atoms with Crippen molar-refractivity contribution in [3.63, 3.8) is 0 Å². The van der Waals surface area contributed by atoms with Gasteiger partial charge in [-0.2, -0.15) is 18.3 Å². The zero-order valence-electron chi connectivity index (χ0n) is 9.33. The molecule has 8 heteroatoms. The molecule has 0 bridgehead atoms. The molecule has 0 fully saturated rings. The van der Waals surface area contributed by atoms with E-state index in [1.807, 2.05) is 0 Å². The largest absolute Gasteiger partial charge is 0.435 e. The first-order chi connectivity index (χ1) is 8.79. The van der Waals surface area contributed by atoms with Gasteiger partial charge in [-0.05, 0) is 30.3 Å². The summed E-state index contributed by atoms with van der Waals surface area (Å²) in [4.78, 5) is 0. The van der Waals surface area contributed by atoms with E-state index in [-0.39, 0.29) is 5.69 Å². The molecule has 1 aromatic carbocycles. The Morgan fingerprint density at radius 3 is 2.16 bits per heavy atom. The van der Waals surface area contributed by atoms with Crippen LogP contribution in [0.15, 0.2) is 30.3 Å². The van der Waals surface area contributed by atoms with Gasteiger partial charge in [0, 0.05) is 5.69 Å². The SMILES string of the molecule is Nc1ccc(-n2nc(C(F)(F)F)cc2C(F)F)cc1. The van der Waals surface area contributed by atoms with Gasteiger partial charge in [0.05, 0.1) is 5.69 Å². The van der Waals surface area contributed by atoms with Crippen molar-refractivity contribution in [1.29, 1.82) is 0 Å². The van der Waals surface area contributed by atoms with E-state index >= 15 is 0 Å². The van der Waals surface area contributed by atoms with E-state index in [9.17, 15) is 22.0 Å². The molecule has 102 valence electrons. The summed E-state index contributed by atoms with van der Waals surface area (Å²) in [5, 5.41) is 3.17. The maximum Gasteiger partial charge on any atom is 0.435 e. The van der Waals surface area contributed by atoms with E-state index in [0.29, 0.717) is 16.4 Å². The first-order valence-electron chi connectivity index (χ1n) is 5.10. The Labute approximate surface area is 104 Å². The van der Waals surface area contributed by atoms with E-state index in [4.69, 9.17) is 5.73 Å². The van der Waals surface area contributed by atoms with Crippen LogP contribution in [0.5, 0.6) is 0 Å². The van der Waals surface area contributed by atoms with Gasteiger partial charge in [0.1, 0.15) is 5.69 Å². The Balaban J connectivity index is 2.55. The van der Waals surface area contributed by atoms with Crippen molar-refractivity contribution in [2.24, 2.45) is 0 Å². The summed E-state index contributed by atoms with van der Waals surface area (Å²) in [6, 6.07) is 5.74. The van der Waals surface area contributed by atoms with Gasteiger partial charge in [0.15, 0.2) is 5.69 Å². The van der Waals surface area contributed by atoms with Crippen LogP contribution in [0.25, 0.3) is 5.69 Å². The number of nitrogens with two attached hydrogens (primary N) is 1. The van der Waals surface area contributed by atoms with E-state index < -0.39 is 24.0 Å². The van der Waals surface area contributed by atoms with Crippen LogP contribution in [0.1, 0.15) is 17.8 Å². The second-order valence-corrected chi connectivity index (χ2v) is 3.76. The molecule has 1 heterocycles. The van der Waals surface area contributed by atoms with E-state index in [2.05, 4.69) is 5.10 Å². The number of alkyl halides is 5. The van der Waals surface area contributed by atoms with Crippen LogP contribution in [-0.2, 0) is 6.18 Å². The number of halogens is 5. The Bertz CT molecular complexity index is 571. The highest BCUT2D eigenvalue weighted by Crippen LogP contribution is 2.32. The van der Waals surface area contributed by atoms with Crippen molar-refractivity contribution in [1.82, 2.24) is 9.78 Å². The Kier molecular flexibility index (Phi) is 3.17. The number of hydrogen-bond donors (Lipinski definition) is 1. The lowest BCUT2D eigenvalue weighted by atomic mass is 10.3. The number of hydrogen-bond acceptors (Lipinski definition) is 2. The molecule has 0 radical (unpaired) electrons. The van der Waals surface area contributed by atoms with Crippen LogP contribution >= 0.6 is 0 Å². The lowest BCUT2D eigenvalue weighted by Crippen LogP contribution is -2.07. The van der Waals surface area contributed by atoms with Gasteiger partial charge in [-0.25, -0.2) is 13.5 Å². The van der Waals surface area contributed by atoms with Crippen LogP contribution in [0.2, 0.25) is 0 Å². The monoisotopic (exact) mass is 277 g/mol. The molecule has 0 amide bonds. The topological polar surface area (TPSA) is 43.8 Å². The van der Waals surface area contributed by atoms with Gasteiger partial charge in [-0.3, -0.25) is 0 Å². The molecule has 0 spiro atoms. The maximum absolute atomic E-state index is 12.7. The van der Waals surface area contributed by atoms with Crippen LogP contribution in [0.4, 0.5) is 27.6 Å². The molecule has 2 N–H and O–H groups in total. The molecule has 1 aromatic heterocycles. The number of nitrogens with zero attached hydrogens (tertiary/aromatic N) is 2. The Morgan fingerprint density at radius 2 is 1.68 bits per heavy atom. The normalized spacial score (nSPS) is 12.1. The average Bonchev–Trinajstić information content (AvgIpc) is 2.74. The van der Waals surface area contributed by atoms with Crippen molar-refractivity contribution in [3.8, 4) is 5.69 Å². The summed E-state index contributed by atoms with van der Waals surface area (Å²) < 4.78 is 63.5. The molecule has 0 saturated carbocycles. The quantitative estimate of drug-likeness (QED) is 0.675. The van der Waals surface area contributed by atoms with E-state index in [1.165, 1.54) is 24.3 Å². The maximum atomic E-state index is 12.7. The van der Waals surface area contributed by atoms with E-state index in [0.717, 1.165) is 0 Å². The number of benzene rings is 1. The summed E-state index contributed by atoms with van der Waals surface area (Å²) >= 11 is 0. The van der Waals surface area contributed by atoms with Crippen molar-refractivity contribution in [2.45, 2.75) is 12.6 Å². The van der Waals surface area contributed by atoms with Crippen LogP contribution < -0.4 is 5.73 Å². The molecule has 0 aliphatic rings. The summed E-state index contributed by atoms with van der Waals surface area (Å²) in [6.45, 7) is 0.